The van der Waals surface area contributed by atoms with Crippen LogP contribution in [0.4, 0.5) is 5.13 Å². The quantitative estimate of drug-likeness (QED) is 0.745. The fraction of sp³-hybridized carbons (Fsp3) is 0.412. The molecule has 1 aromatic carbocycles. The lowest BCUT2D eigenvalue weighted by Crippen LogP contribution is -2.30. The third-order valence-corrected chi connectivity index (χ3v) is 7.42. The topological polar surface area (TPSA) is 79.4 Å². The molecular formula is C17H20ClN3O3S2. The van der Waals surface area contributed by atoms with Crippen LogP contribution in [-0.2, 0) is 10.0 Å². The van der Waals surface area contributed by atoms with Gasteiger partial charge in [-0.05, 0) is 31.0 Å². The lowest BCUT2D eigenvalue weighted by molar-refractivity contribution is 0.102. The number of benzene rings is 1. The molecule has 140 valence electrons. The second kappa shape index (κ2) is 7.64. The molecule has 0 aliphatic heterocycles. The molecule has 0 radical (unpaired) electrons. The molecule has 9 heteroatoms. The number of hydrogen-bond donors (Lipinski definition) is 1. The number of rotatable bonds is 7. The summed E-state index contributed by atoms with van der Waals surface area (Å²) in [5.74, 6) is 0.0336. The van der Waals surface area contributed by atoms with Crippen LogP contribution in [0.15, 0.2) is 28.5 Å². The van der Waals surface area contributed by atoms with Gasteiger partial charge in [-0.25, -0.2) is 13.4 Å². The molecule has 3 rings (SSSR count). The van der Waals surface area contributed by atoms with E-state index in [0.717, 1.165) is 18.5 Å². The second-order valence-corrected chi connectivity index (χ2v) is 9.24. The van der Waals surface area contributed by atoms with Crippen LogP contribution in [0.1, 0.15) is 48.7 Å². The van der Waals surface area contributed by atoms with Gasteiger partial charge in [-0.15, -0.1) is 11.3 Å². The number of nitrogens with zero attached hydrogens (tertiary/aromatic N) is 2. The Bertz CT molecular complexity index is 919. The molecule has 1 aromatic heterocycles. The number of halogens is 1. The predicted molar refractivity (Wildman–Crippen MR) is 104 cm³/mol. The number of thiazole rings is 1. The Morgan fingerprint density at radius 2 is 2.04 bits per heavy atom. The summed E-state index contributed by atoms with van der Waals surface area (Å²) in [5, 5.41) is 5.34. The maximum Gasteiger partial charge on any atom is 0.259 e. The van der Waals surface area contributed by atoms with Crippen molar-refractivity contribution >= 4 is 44.0 Å². The van der Waals surface area contributed by atoms with Gasteiger partial charge in [0.1, 0.15) is 0 Å². The number of carbonyl (C=O) groups excluding carboxylic acids is 1. The van der Waals surface area contributed by atoms with Crippen molar-refractivity contribution < 1.29 is 13.2 Å². The van der Waals surface area contributed by atoms with E-state index in [1.54, 1.807) is 13.8 Å². The number of hydrogen-bond acceptors (Lipinski definition) is 5. The van der Waals surface area contributed by atoms with Crippen molar-refractivity contribution in [3.05, 3.63) is 39.9 Å². The average molecular weight is 414 g/mol. The van der Waals surface area contributed by atoms with Crippen LogP contribution >= 0.6 is 22.9 Å². The first-order valence-corrected chi connectivity index (χ1v) is 11.1. The first kappa shape index (κ1) is 19.3. The van der Waals surface area contributed by atoms with E-state index < -0.39 is 15.9 Å². The van der Waals surface area contributed by atoms with Gasteiger partial charge in [-0.1, -0.05) is 25.4 Å². The maximum atomic E-state index is 12.7. The Kier molecular flexibility index (Phi) is 5.67. The number of aromatic nitrogens is 1. The van der Waals surface area contributed by atoms with Crippen LogP contribution < -0.4 is 5.32 Å². The molecule has 0 unspecified atom stereocenters. The van der Waals surface area contributed by atoms with Crippen molar-refractivity contribution in [1.29, 1.82) is 0 Å². The highest BCUT2D eigenvalue weighted by atomic mass is 35.5. The summed E-state index contributed by atoms with van der Waals surface area (Å²) < 4.78 is 26.7. The summed E-state index contributed by atoms with van der Waals surface area (Å²) in [6.07, 6.45) is 2.27. The van der Waals surface area contributed by atoms with Gasteiger partial charge in [0.05, 0.1) is 21.2 Å². The van der Waals surface area contributed by atoms with Crippen molar-refractivity contribution in [2.24, 2.45) is 0 Å². The highest BCUT2D eigenvalue weighted by Gasteiger charge is 2.27. The maximum absolute atomic E-state index is 12.7. The first-order chi connectivity index (χ1) is 12.4. The number of nitrogens with one attached hydrogen (secondary N) is 1. The lowest BCUT2D eigenvalue weighted by atomic mass is 10.2. The molecular weight excluding hydrogens is 394 g/mol. The summed E-state index contributed by atoms with van der Waals surface area (Å²) >= 11 is 7.49. The van der Waals surface area contributed by atoms with E-state index in [-0.39, 0.29) is 15.5 Å². The fourth-order valence-corrected chi connectivity index (χ4v) is 5.10. The molecule has 0 atom stereocenters. The molecule has 1 aliphatic rings. The van der Waals surface area contributed by atoms with Crippen LogP contribution in [0.25, 0.3) is 0 Å². The minimum Gasteiger partial charge on any atom is -0.298 e. The summed E-state index contributed by atoms with van der Waals surface area (Å²) in [6.45, 7) is 4.24. The Morgan fingerprint density at radius 3 is 2.65 bits per heavy atom. The molecule has 1 saturated carbocycles. The first-order valence-electron chi connectivity index (χ1n) is 8.43. The summed E-state index contributed by atoms with van der Waals surface area (Å²) in [4.78, 5) is 17.0. The van der Waals surface area contributed by atoms with E-state index >= 15 is 0 Å². The van der Waals surface area contributed by atoms with E-state index in [1.807, 2.05) is 5.38 Å². The largest absolute Gasteiger partial charge is 0.298 e. The van der Waals surface area contributed by atoms with Crippen molar-refractivity contribution in [2.75, 3.05) is 18.4 Å². The lowest BCUT2D eigenvalue weighted by Gasteiger charge is -2.19. The minimum absolute atomic E-state index is 0.0496. The molecule has 26 heavy (non-hydrogen) atoms. The predicted octanol–water partition coefficient (Wildman–Crippen LogP) is 3.96. The van der Waals surface area contributed by atoms with E-state index in [0.29, 0.717) is 24.1 Å². The number of sulfonamides is 1. The van der Waals surface area contributed by atoms with Gasteiger partial charge in [-0.2, -0.15) is 4.31 Å². The second-order valence-electron chi connectivity index (χ2n) is 6.04. The molecule has 6 nitrogen and oxygen atoms in total. The molecule has 1 N–H and O–H groups in total. The Balaban J connectivity index is 1.85. The zero-order chi connectivity index (χ0) is 18.9. The summed E-state index contributed by atoms with van der Waals surface area (Å²) in [7, 11) is -3.66. The Labute approximate surface area is 162 Å². The molecule has 1 heterocycles. The molecule has 2 aromatic rings. The van der Waals surface area contributed by atoms with E-state index in [4.69, 9.17) is 11.6 Å². The van der Waals surface area contributed by atoms with E-state index in [9.17, 15) is 13.2 Å². The Morgan fingerprint density at radius 1 is 1.35 bits per heavy atom. The average Bonchev–Trinajstić information content (AvgIpc) is 3.35. The number of amides is 1. The van der Waals surface area contributed by atoms with Gasteiger partial charge in [-0.3, -0.25) is 10.1 Å². The third kappa shape index (κ3) is 3.93. The zero-order valence-corrected chi connectivity index (χ0v) is 16.9. The van der Waals surface area contributed by atoms with Crippen molar-refractivity contribution in [3.8, 4) is 0 Å². The van der Waals surface area contributed by atoms with Gasteiger partial charge < -0.3 is 0 Å². The molecule has 1 amide bonds. The van der Waals surface area contributed by atoms with Crippen LogP contribution in [0, 0.1) is 0 Å². The smallest absolute Gasteiger partial charge is 0.259 e. The van der Waals surface area contributed by atoms with E-state index in [1.165, 1.54) is 33.8 Å². The Hall–Kier alpha value is -1.48. The molecule has 0 bridgehead atoms. The standard InChI is InChI=1S/C17H20ClN3O3S2/c1-3-21(4-2)26(23,24)12-7-8-14(18)13(9-12)16(22)20-17-19-15(10-25-17)11-5-6-11/h7-11H,3-6H2,1-2H3,(H,19,20,22). The summed E-state index contributed by atoms with van der Waals surface area (Å²) in [6, 6.07) is 4.17. The van der Waals surface area contributed by atoms with Gasteiger partial charge in [0.25, 0.3) is 5.91 Å². The fourth-order valence-electron chi connectivity index (χ4n) is 2.63. The van der Waals surface area contributed by atoms with Crippen LogP contribution in [0.2, 0.25) is 5.02 Å². The summed E-state index contributed by atoms with van der Waals surface area (Å²) in [5.41, 5.74) is 1.11. The van der Waals surface area contributed by atoms with Crippen LogP contribution in [-0.4, -0.2) is 36.7 Å². The van der Waals surface area contributed by atoms with Crippen LogP contribution in [0.5, 0.6) is 0 Å². The number of carbonyl (C=O) groups is 1. The van der Waals surface area contributed by atoms with Crippen molar-refractivity contribution in [2.45, 2.75) is 37.5 Å². The molecule has 0 saturated heterocycles. The SMILES string of the molecule is CCN(CC)S(=O)(=O)c1ccc(Cl)c(C(=O)Nc2nc(C3CC3)cs2)c1. The minimum atomic E-state index is -3.66. The van der Waals surface area contributed by atoms with Crippen LogP contribution in [0.3, 0.4) is 0 Å². The zero-order valence-electron chi connectivity index (χ0n) is 14.5. The van der Waals surface area contributed by atoms with Gasteiger partial charge in [0.2, 0.25) is 10.0 Å². The third-order valence-electron chi connectivity index (χ3n) is 4.26. The van der Waals surface area contributed by atoms with Gasteiger partial charge >= 0.3 is 0 Å². The monoisotopic (exact) mass is 413 g/mol. The van der Waals surface area contributed by atoms with Gasteiger partial charge in [0, 0.05) is 24.4 Å². The molecule has 1 fully saturated rings. The molecule has 0 spiro atoms. The highest BCUT2D eigenvalue weighted by molar-refractivity contribution is 7.89. The number of anilines is 1. The van der Waals surface area contributed by atoms with Crippen molar-refractivity contribution in [3.63, 3.8) is 0 Å². The van der Waals surface area contributed by atoms with Crippen molar-refractivity contribution in [1.82, 2.24) is 9.29 Å². The van der Waals surface area contributed by atoms with E-state index in [2.05, 4.69) is 10.3 Å². The highest BCUT2D eigenvalue weighted by Crippen LogP contribution is 2.41. The normalized spacial score (nSPS) is 14.6. The molecule has 1 aliphatic carbocycles. The van der Waals surface area contributed by atoms with Gasteiger partial charge in [0.15, 0.2) is 5.13 Å².